The van der Waals surface area contributed by atoms with Gasteiger partial charge in [0.2, 0.25) is 0 Å². The molecule has 0 bridgehead atoms. The molecule has 1 fully saturated rings. The van der Waals surface area contributed by atoms with Crippen LogP contribution < -0.4 is 10.6 Å². The van der Waals surface area contributed by atoms with Gasteiger partial charge in [0.15, 0.2) is 5.96 Å². The van der Waals surface area contributed by atoms with E-state index in [9.17, 15) is 0 Å². The number of hydrogen-bond donors (Lipinski definition) is 2. The molecule has 1 heterocycles. The minimum absolute atomic E-state index is 0.489. The molecule has 1 aromatic carbocycles. The molecule has 0 amide bonds. The molecule has 1 aromatic heterocycles. The Morgan fingerprint density at radius 2 is 2.04 bits per heavy atom. The molecule has 24 heavy (non-hydrogen) atoms. The number of aromatic nitrogens is 2. The Morgan fingerprint density at radius 1 is 1.25 bits per heavy atom. The number of nitrogens with zero attached hydrogens (tertiary/aromatic N) is 3. The molecule has 1 aliphatic rings. The maximum Gasteiger partial charge on any atom is 0.191 e. The monoisotopic (exact) mass is 325 g/mol. The summed E-state index contributed by atoms with van der Waals surface area (Å²) in [5.41, 5.74) is 2.78. The van der Waals surface area contributed by atoms with Crippen molar-refractivity contribution in [3.8, 4) is 5.69 Å². The summed E-state index contributed by atoms with van der Waals surface area (Å²) in [5.74, 6) is 0.880. The highest BCUT2D eigenvalue weighted by Gasteiger charge is 2.34. The van der Waals surface area contributed by atoms with Crippen LogP contribution in [0, 0.1) is 5.41 Å². The highest BCUT2D eigenvalue weighted by molar-refractivity contribution is 5.79. The molecule has 0 aliphatic heterocycles. The zero-order valence-electron chi connectivity index (χ0n) is 14.6. The maximum atomic E-state index is 4.34. The first kappa shape index (κ1) is 16.6. The van der Waals surface area contributed by atoms with E-state index in [1.807, 2.05) is 24.0 Å². The van der Waals surface area contributed by atoms with Gasteiger partial charge in [-0.25, -0.2) is 4.68 Å². The lowest BCUT2D eigenvalue weighted by Gasteiger charge is -2.41. The number of nitrogens with one attached hydrogen (secondary N) is 2. The Morgan fingerprint density at radius 3 is 2.58 bits per heavy atom. The molecule has 128 valence electrons. The summed E-state index contributed by atoms with van der Waals surface area (Å²) < 4.78 is 1.86. The number of guanidine groups is 1. The third-order valence-corrected chi connectivity index (χ3v) is 5.18. The van der Waals surface area contributed by atoms with E-state index >= 15 is 0 Å². The molecule has 0 radical (unpaired) electrons. The van der Waals surface area contributed by atoms with Crippen LogP contribution in [-0.2, 0) is 6.54 Å². The van der Waals surface area contributed by atoms with Crippen LogP contribution in [0.5, 0.6) is 0 Å². The number of hydrogen-bond acceptors (Lipinski definition) is 2. The first-order valence-electron chi connectivity index (χ1n) is 8.78. The zero-order chi connectivity index (χ0) is 16.8. The Kier molecular flexibility index (Phi) is 5.18. The molecule has 2 aromatic rings. The summed E-state index contributed by atoms with van der Waals surface area (Å²) in [4.78, 5) is 4.34. The molecule has 5 nitrogen and oxygen atoms in total. The Bertz CT molecular complexity index is 648. The Labute approximate surface area is 144 Å². The van der Waals surface area contributed by atoms with Gasteiger partial charge in [-0.2, -0.15) is 5.10 Å². The van der Waals surface area contributed by atoms with Crippen molar-refractivity contribution >= 4 is 5.96 Å². The lowest BCUT2D eigenvalue weighted by atomic mass is 9.67. The van der Waals surface area contributed by atoms with E-state index in [4.69, 9.17) is 0 Å². The van der Waals surface area contributed by atoms with Crippen LogP contribution in [0.15, 0.2) is 47.7 Å². The van der Waals surface area contributed by atoms with Gasteiger partial charge in [0.25, 0.3) is 0 Å². The van der Waals surface area contributed by atoms with E-state index in [1.165, 1.54) is 31.2 Å². The molecular formula is C19H27N5. The summed E-state index contributed by atoms with van der Waals surface area (Å²) in [6.07, 6.45) is 9.01. The van der Waals surface area contributed by atoms with Crippen molar-refractivity contribution in [3.05, 3.63) is 48.3 Å². The van der Waals surface area contributed by atoms with Crippen molar-refractivity contribution in [1.82, 2.24) is 20.4 Å². The van der Waals surface area contributed by atoms with Crippen molar-refractivity contribution in [2.24, 2.45) is 10.4 Å². The lowest BCUT2D eigenvalue weighted by Crippen LogP contribution is -2.46. The van der Waals surface area contributed by atoms with E-state index < -0.39 is 0 Å². The fourth-order valence-electron chi connectivity index (χ4n) is 3.20. The quantitative estimate of drug-likeness (QED) is 0.634. The van der Waals surface area contributed by atoms with Gasteiger partial charge in [0.1, 0.15) is 0 Å². The molecule has 3 rings (SSSR count). The summed E-state index contributed by atoms with van der Waals surface area (Å²) in [6, 6.07) is 10.3. The van der Waals surface area contributed by atoms with Crippen molar-refractivity contribution in [2.75, 3.05) is 13.6 Å². The molecule has 0 atom stereocenters. The summed E-state index contributed by atoms with van der Waals surface area (Å²) in [7, 11) is 1.83. The third-order valence-electron chi connectivity index (χ3n) is 5.18. The number of aliphatic imine (C=N–C) groups is 1. The van der Waals surface area contributed by atoms with Gasteiger partial charge in [0.05, 0.1) is 5.69 Å². The van der Waals surface area contributed by atoms with Gasteiger partial charge in [-0.3, -0.25) is 4.99 Å². The molecule has 1 saturated carbocycles. The fourth-order valence-corrected chi connectivity index (χ4v) is 3.20. The minimum atomic E-state index is 0.489. The number of rotatable bonds is 6. The van der Waals surface area contributed by atoms with E-state index in [2.05, 4.69) is 51.9 Å². The van der Waals surface area contributed by atoms with Gasteiger partial charge in [-0.05, 0) is 48.4 Å². The average molecular weight is 325 g/mol. The molecule has 2 N–H and O–H groups in total. The van der Waals surface area contributed by atoms with Crippen LogP contribution in [-0.4, -0.2) is 29.3 Å². The van der Waals surface area contributed by atoms with Crippen LogP contribution in [0.25, 0.3) is 5.69 Å². The Hall–Kier alpha value is -2.30. The lowest BCUT2D eigenvalue weighted by molar-refractivity contribution is 0.131. The van der Waals surface area contributed by atoms with Gasteiger partial charge in [-0.1, -0.05) is 25.5 Å². The van der Waals surface area contributed by atoms with E-state index in [0.717, 1.165) is 24.7 Å². The molecular weight excluding hydrogens is 298 g/mol. The van der Waals surface area contributed by atoms with Crippen LogP contribution >= 0.6 is 0 Å². The van der Waals surface area contributed by atoms with Crippen molar-refractivity contribution < 1.29 is 0 Å². The minimum Gasteiger partial charge on any atom is -0.356 e. The van der Waals surface area contributed by atoms with Crippen molar-refractivity contribution in [3.63, 3.8) is 0 Å². The van der Waals surface area contributed by atoms with E-state index in [0.29, 0.717) is 5.41 Å². The topological polar surface area (TPSA) is 54.2 Å². The molecule has 1 aliphatic carbocycles. The standard InChI is InChI=1S/C19H27N5/c1-3-19(10-4-11-19)15-22-18(20-2)21-14-16-6-8-17(9-7-16)24-13-5-12-23-24/h5-9,12-13H,3-4,10-11,14-15H2,1-2H3,(H2,20,21,22). The fraction of sp³-hybridized carbons (Fsp3) is 0.474. The predicted molar refractivity (Wildman–Crippen MR) is 98.3 cm³/mol. The predicted octanol–water partition coefficient (Wildman–Crippen LogP) is 3.12. The third kappa shape index (κ3) is 3.78. The van der Waals surface area contributed by atoms with Gasteiger partial charge < -0.3 is 10.6 Å². The summed E-state index contributed by atoms with van der Waals surface area (Å²) in [6.45, 7) is 4.07. The van der Waals surface area contributed by atoms with Crippen LogP contribution in [0.1, 0.15) is 38.2 Å². The van der Waals surface area contributed by atoms with Gasteiger partial charge >= 0.3 is 0 Å². The second-order valence-corrected chi connectivity index (χ2v) is 6.60. The first-order chi connectivity index (χ1) is 11.7. The molecule has 0 spiro atoms. The SMILES string of the molecule is CCC1(CNC(=NC)NCc2ccc(-n3cccn3)cc2)CCC1. The van der Waals surface area contributed by atoms with Gasteiger partial charge in [0, 0.05) is 32.5 Å². The first-order valence-corrected chi connectivity index (χ1v) is 8.78. The van der Waals surface area contributed by atoms with Crippen LogP contribution in [0.4, 0.5) is 0 Å². The van der Waals surface area contributed by atoms with Crippen LogP contribution in [0.3, 0.4) is 0 Å². The summed E-state index contributed by atoms with van der Waals surface area (Å²) >= 11 is 0. The largest absolute Gasteiger partial charge is 0.356 e. The highest BCUT2D eigenvalue weighted by atomic mass is 15.3. The van der Waals surface area contributed by atoms with E-state index in [1.54, 1.807) is 6.20 Å². The zero-order valence-corrected chi connectivity index (χ0v) is 14.6. The normalized spacial score (nSPS) is 16.5. The van der Waals surface area contributed by atoms with Crippen LogP contribution in [0.2, 0.25) is 0 Å². The highest BCUT2D eigenvalue weighted by Crippen LogP contribution is 2.42. The molecule has 5 heteroatoms. The van der Waals surface area contributed by atoms with E-state index in [-0.39, 0.29) is 0 Å². The molecule has 0 saturated heterocycles. The second-order valence-electron chi connectivity index (χ2n) is 6.60. The Balaban J connectivity index is 1.50. The van der Waals surface area contributed by atoms with Crippen molar-refractivity contribution in [2.45, 2.75) is 39.2 Å². The number of benzene rings is 1. The maximum absolute atomic E-state index is 4.34. The smallest absolute Gasteiger partial charge is 0.191 e. The second kappa shape index (κ2) is 7.51. The average Bonchev–Trinajstić information content (AvgIpc) is 3.12. The summed E-state index contributed by atoms with van der Waals surface area (Å²) in [5, 5.41) is 11.1. The molecule has 0 unspecified atom stereocenters. The van der Waals surface area contributed by atoms with Gasteiger partial charge in [-0.15, -0.1) is 0 Å². The van der Waals surface area contributed by atoms with Crippen molar-refractivity contribution in [1.29, 1.82) is 0 Å².